The quantitative estimate of drug-likeness (QED) is 0.513. The van der Waals surface area contributed by atoms with Gasteiger partial charge in [0.05, 0.1) is 36.1 Å². The Kier molecular flexibility index (Phi) is 7.12. The predicted octanol–water partition coefficient (Wildman–Crippen LogP) is 5.09. The minimum Gasteiger partial charge on any atom is -0.370 e. The topological polar surface area (TPSA) is 72.4 Å². The van der Waals surface area contributed by atoms with Crippen molar-refractivity contribution >= 4 is 11.8 Å². The van der Waals surface area contributed by atoms with E-state index < -0.39 is 0 Å². The summed E-state index contributed by atoms with van der Waals surface area (Å²) < 4.78 is 20.9. The van der Waals surface area contributed by atoms with Crippen LogP contribution in [-0.2, 0) is 11.3 Å². The van der Waals surface area contributed by atoms with Crippen LogP contribution in [0.15, 0.2) is 60.7 Å². The van der Waals surface area contributed by atoms with Gasteiger partial charge in [-0.1, -0.05) is 49.4 Å². The lowest BCUT2D eigenvalue weighted by molar-refractivity contribution is 0.0309. The highest BCUT2D eigenvalue weighted by Gasteiger charge is 2.31. The molecule has 1 aromatic heterocycles. The molecule has 4 rings (SSSR count). The van der Waals surface area contributed by atoms with Crippen LogP contribution in [0.25, 0.3) is 0 Å². The van der Waals surface area contributed by atoms with E-state index in [-0.39, 0.29) is 35.8 Å². The molecule has 2 amide bonds. The molecule has 0 bridgehead atoms. The van der Waals surface area contributed by atoms with Gasteiger partial charge in [0.2, 0.25) is 0 Å². The predicted molar refractivity (Wildman–Crippen MR) is 128 cm³/mol. The Morgan fingerprint density at radius 2 is 1.76 bits per heavy atom. The smallest absolute Gasteiger partial charge is 0.268 e. The maximum atomic E-state index is 13.3. The molecule has 0 saturated carbocycles. The van der Waals surface area contributed by atoms with Crippen molar-refractivity contribution < 1.29 is 18.7 Å². The van der Waals surface area contributed by atoms with Crippen LogP contribution in [0.5, 0.6) is 0 Å². The Hall–Kier alpha value is -3.45. The normalized spacial score (nSPS) is 16.9. The fraction of sp³-hybridized carbons (Fsp3) is 0.333. The van der Waals surface area contributed by atoms with Crippen molar-refractivity contribution in [3.05, 3.63) is 94.6 Å². The standard InChI is InChI=1S/C27H30FN3O3/c1-4-23(20-8-6-5-7-9-20)30-27(33)24-16-22(25-18(3)34-15-14-31(24)25)26(32)29-17(2)19-10-12-21(28)13-11-19/h5-13,16-18,23H,4,14-15H2,1-3H3,(H,29,32)(H,30,33). The van der Waals surface area contributed by atoms with Crippen LogP contribution in [-0.4, -0.2) is 23.0 Å². The first-order valence-corrected chi connectivity index (χ1v) is 11.7. The lowest BCUT2D eigenvalue weighted by Gasteiger charge is -2.26. The number of nitrogens with zero attached hydrogens (tertiary/aromatic N) is 1. The Bertz CT molecular complexity index is 1160. The minimum atomic E-state index is -0.330. The van der Waals surface area contributed by atoms with Crippen LogP contribution in [0.3, 0.4) is 0 Å². The monoisotopic (exact) mass is 463 g/mol. The highest BCUT2D eigenvalue weighted by atomic mass is 19.1. The van der Waals surface area contributed by atoms with E-state index in [4.69, 9.17) is 4.74 Å². The van der Waals surface area contributed by atoms with E-state index in [0.29, 0.717) is 30.1 Å². The summed E-state index contributed by atoms with van der Waals surface area (Å²) in [5.41, 5.74) is 3.37. The van der Waals surface area contributed by atoms with E-state index in [0.717, 1.165) is 17.5 Å². The van der Waals surface area contributed by atoms with Gasteiger partial charge in [0.15, 0.2) is 0 Å². The second kappa shape index (κ2) is 10.2. The number of amides is 2. The first kappa shape index (κ1) is 23.7. The SMILES string of the molecule is CCC(NC(=O)c1cc(C(=O)NC(C)c2ccc(F)cc2)c2n1CCOC2C)c1ccccc1. The molecular weight excluding hydrogens is 433 g/mol. The summed E-state index contributed by atoms with van der Waals surface area (Å²) in [4.78, 5) is 26.6. The maximum absolute atomic E-state index is 13.3. The zero-order chi connectivity index (χ0) is 24.2. The van der Waals surface area contributed by atoms with Gasteiger partial charge >= 0.3 is 0 Å². The first-order valence-electron chi connectivity index (χ1n) is 11.7. The van der Waals surface area contributed by atoms with Crippen molar-refractivity contribution in [2.45, 2.75) is 51.9 Å². The van der Waals surface area contributed by atoms with Gasteiger partial charge in [-0.3, -0.25) is 9.59 Å². The molecule has 0 saturated heterocycles. The third-order valence-corrected chi connectivity index (χ3v) is 6.32. The number of nitrogens with one attached hydrogen (secondary N) is 2. The van der Waals surface area contributed by atoms with Gasteiger partial charge in [-0.05, 0) is 49.6 Å². The molecule has 2 N–H and O–H groups in total. The van der Waals surface area contributed by atoms with E-state index >= 15 is 0 Å². The fourth-order valence-electron chi connectivity index (χ4n) is 4.46. The number of rotatable bonds is 7. The Morgan fingerprint density at radius 1 is 1.06 bits per heavy atom. The molecule has 3 aromatic rings. The molecule has 0 radical (unpaired) electrons. The zero-order valence-corrected chi connectivity index (χ0v) is 19.7. The molecule has 1 aliphatic heterocycles. The number of hydrogen-bond donors (Lipinski definition) is 2. The second-order valence-corrected chi connectivity index (χ2v) is 8.58. The van der Waals surface area contributed by atoms with Crippen molar-refractivity contribution in [2.24, 2.45) is 0 Å². The average Bonchev–Trinajstić information content (AvgIpc) is 3.25. The molecule has 1 aliphatic rings. The molecule has 34 heavy (non-hydrogen) atoms. The number of hydrogen-bond acceptors (Lipinski definition) is 3. The van der Waals surface area contributed by atoms with Crippen molar-refractivity contribution in [3.8, 4) is 0 Å². The van der Waals surface area contributed by atoms with E-state index in [9.17, 15) is 14.0 Å². The number of benzene rings is 2. The largest absolute Gasteiger partial charge is 0.370 e. The molecule has 3 atom stereocenters. The third kappa shape index (κ3) is 4.89. The number of fused-ring (bicyclic) bond motifs is 1. The molecule has 3 unspecified atom stereocenters. The van der Waals surface area contributed by atoms with E-state index in [1.54, 1.807) is 18.2 Å². The Balaban J connectivity index is 1.60. The number of aromatic nitrogens is 1. The lowest BCUT2D eigenvalue weighted by atomic mass is 10.0. The maximum Gasteiger partial charge on any atom is 0.268 e. The van der Waals surface area contributed by atoms with Crippen LogP contribution in [0, 0.1) is 5.82 Å². The highest BCUT2D eigenvalue weighted by Crippen LogP contribution is 2.30. The molecular formula is C27H30FN3O3. The molecule has 6 nitrogen and oxygen atoms in total. The molecule has 2 aromatic carbocycles. The van der Waals surface area contributed by atoms with Gasteiger partial charge in [0.25, 0.3) is 11.8 Å². The van der Waals surface area contributed by atoms with Gasteiger partial charge in [-0.2, -0.15) is 0 Å². The number of halogens is 1. The molecule has 178 valence electrons. The Labute approximate surface area is 199 Å². The van der Waals surface area contributed by atoms with E-state index in [2.05, 4.69) is 10.6 Å². The lowest BCUT2D eigenvalue weighted by Crippen LogP contribution is -2.32. The van der Waals surface area contributed by atoms with E-state index in [1.165, 1.54) is 12.1 Å². The van der Waals surface area contributed by atoms with Crippen LogP contribution in [0.4, 0.5) is 4.39 Å². The number of carbonyl (C=O) groups excluding carboxylic acids is 2. The average molecular weight is 464 g/mol. The van der Waals surface area contributed by atoms with Gasteiger partial charge in [-0.25, -0.2) is 4.39 Å². The summed E-state index contributed by atoms with van der Waals surface area (Å²) in [7, 11) is 0. The van der Waals surface area contributed by atoms with Crippen molar-refractivity contribution in [3.63, 3.8) is 0 Å². The van der Waals surface area contributed by atoms with Gasteiger partial charge in [-0.15, -0.1) is 0 Å². The summed E-state index contributed by atoms with van der Waals surface area (Å²) in [5.74, 6) is -0.852. The summed E-state index contributed by atoms with van der Waals surface area (Å²) in [6.45, 7) is 6.70. The first-order chi connectivity index (χ1) is 16.4. The number of carbonyl (C=O) groups is 2. The van der Waals surface area contributed by atoms with Gasteiger partial charge < -0.3 is 19.9 Å². The molecule has 2 heterocycles. The van der Waals surface area contributed by atoms with Crippen LogP contribution >= 0.6 is 0 Å². The summed E-state index contributed by atoms with van der Waals surface area (Å²) in [5, 5.41) is 6.09. The van der Waals surface area contributed by atoms with Gasteiger partial charge in [0.1, 0.15) is 11.5 Å². The summed E-state index contributed by atoms with van der Waals surface area (Å²) in [6, 6.07) is 17.1. The fourth-order valence-corrected chi connectivity index (χ4v) is 4.46. The van der Waals surface area contributed by atoms with Crippen molar-refractivity contribution in [1.29, 1.82) is 0 Å². The second-order valence-electron chi connectivity index (χ2n) is 8.58. The summed E-state index contributed by atoms with van der Waals surface area (Å²) in [6.07, 6.45) is 0.416. The third-order valence-electron chi connectivity index (χ3n) is 6.32. The van der Waals surface area contributed by atoms with Gasteiger partial charge in [0, 0.05) is 6.54 Å². The summed E-state index contributed by atoms with van der Waals surface area (Å²) >= 11 is 0. The molecule has 7 heteroatoms. The van der Waals surface area contributed by atoms with Crippen LogP contribution in [0.1, 0.15) is 83.0 Å². The Morgan fingerprint density at radius 3 is 2.44 bits per heavy atom. The molecule has 0 fully saturated rings. The van der Waals surface area contributed by atoms with E-state index in [1.807, 2.05) is 55.7 Å². The van der Waals surface area contributed by atoms with Crippen molar-refractivity contribution in [1.82, 2.24) is 15.2 Å². The molecule has 0 aliphatic carbocycles. The van der Waals surface area contributed by atoms with Crippen LogP contribution in [0.2, 0.25) is 0 Å². The zero-order valence-electron chi connectivity index (χ0n) is 19.7. The highest BCUT2D eigenvalue weighted by molar-refractivity contribution is 6.01. The minimum absolute atomic E-state index is 0.132. The molecule has 0 spiro atoms. The number of ether oxygens (including phenoxy) is 1. The van der Waals surface area contributed by atoms with Crippen molar-refractivity contribution in [2.75, 3.05) is 6.61 Å². The van der Waals surface area contributed by atoms with Crippen LogP contribution < -0.4 is 10.6 Å².